The lowest BCUT2D eigenvalue weighted by Crippen LogP contribution is -2.40. The number of rotatable bonds is 1. The van der Waals surface area contributed by atoms with Gasteiger partial charge in [0.1, 0.15) is 5.65 Å². The van der Waals surface area contributed by atoms with Crippen molar-refractivity contribution in [1.29, 1.82) is 0 Å². The summed E-state index contributed by atoms with van der Waals surface area (Å²) in [5.74, 6) is 0.621. The van der Waals surface area contributed by atoms with E-state index in [9.17, 15) is 0 Å². The van der Waals surface area contributed by atoms with Gasteiger partial charge in [-0.05, 0) is 24.6 Å². The normalized spacial score (nSPS) is 17.2. The number of nitrogens with one attached hydrogen (secondary N) is 1. The maximum atomic E-state index is 4.62. The summed E-state index contributed by atoms with van der Waals surface area (Å²) in [4.78, 5) is 4.62. The molecule has 1 aliphatic heterocycles. The van der Waals surface area contributed by atoms with Crippen molar-refractivity contribution >= 4 is 5.65 Å². The molecular formula is C11H13N3. The molecule has 0 aromatic carbocycles. The second-order valence-corrected chi connectivity index (χ2v) is 3.99. The second-order valence-electron chi connectivity index (χ2n) is 3.99. The smallest absolute Gasteiger partial charge is 0.137 e. The monoisotopic (exact) mass is 187 g/mol. The average Bonchev–Trinajstić information content (AvgIpc) is 2.43. The predicted octanol–water partition coefficient (Wildman–Crippen LogP) is 1.33. The molecule has 2 aromatic heterocycles. The third kappa shape index (κ3) is 1.13. The molecule has 1 saturated heterocycles. The molecule has 14 heavy (non-hydrogen) atoms. The number of aromatic nitrogens is 2. The summed E-state index contributed by atoms with van der Waals surface area (Å²) in [6, 6.07) is 4.23. The van der Waals surface area contributed by atoms with E-state index in [4.69, 9.17) is 0 Å². The van der Waals surface area contributed by atoms with Crippen molar-refractivity contribution < 1.29 is 0 Å². The van der Waals surface area contributed by atoms with Crippen LogP contribution < -0.4 is 5.32 Å². The Kier molecular flexibility index (Phi) is 1.61. The van der Waals surface area contributed by atoms with Crippen molar-refractivity contribution in [1.82, 2.24) is 14.7 Å². The van der Waals surface area contributed by atoms with Crippen molar-refractivity contribution in [3.05, 3.63) is 35.8 Å². The zero-order chi connectivity index (χ0) is 9.54. The Hall–Kier alpha value is -1.35. The van der Waals surface area contributed by atoms with E-state index in [1.807, 2.05) is 0 Å². The van der Waals surface area contributed by atoms with Crippen LogP contribution in [-0.2, 0) is 0 Å². The largest absolute Gasteiger partial charge is 0.315 e. The van der Waals surface area contributed by atoms with Crippen LogP contribution in [-0.4, -0.2) is 22.5 Å². The van der Waals surface area contributed by atoms with E-state index in [2.05, 4.69) is 46.2 Å². The highest BCUT2D eigenvalue weighted by atomic mass is 15.0. The van der Waals surface area contributed by atoms with E-state index in [0.717, 1.165) is 18.7 Å². The highest BCUT2D eigenvalue weighted by Crippen LogP contribution is 2.19. The van der Waals surface area contributed by atoms with Gasteiger partial charge in [0.05, 0.1) is 5.69 Å². The Labute approximate surface area is 82.8 Å². The van der Waals surface area contributed by atoms with Gasteiger partial charge in [-0.15, -0.1) is 0 Å². The molecule has 3 heterocycles. The molecule has 0 spiro atoms. The molecule has 0 aliphatic carbocycles. The van der Waals surface area contributed by atoms with E-state index < -0.39 is 0 Å². The fourth-order valence-corrected chi connectivity index (χ4v) is 1.80. The Bertz CT molecular complexity index is 468. The first-order valence-corrected chi connectivity index (χ1v) is 4.99. The van der Waals surface area contributed by atoms with Gasteiger partial charge in [-0.1, -0.05) is 0 Å². The summed E-state index contributed by atoms with van der Waals surface area (Å²) in [5.41, 5.74) is 3.54. The first-order valence-electron chi connectivity index (χ1n) is 4.99. The molecule has 0 saturated carbocycles. The maximum absolute atomic E-state index is 4.62. The first-order chi connectivity index (χ1) is 6.83. The fraction of sp³-hybridized carbons (Fsp3) is 0.364. The Morgan fingerprint density at radius 2 is 2.36 bits per heavy atom. The highest BCUT2D eigenvalue weighted by molar-refractivity contribution is 5.43. The van der Waals surface area contributed by atoms with E-state index in [0.29, 0.717) is 5.92 Å². The Morgan fingerprint density at radius 1 is 1.50 bits per heavy atom. The summed E-state index contributed by atoms with van der Waals surface area (Å²) in [6.07, 6.45) is 4.22. The minimum atomic E-state index is 0.621. The average molecular weight is 187 g/mol. The van der Waals surface area contributed by atoms with Gasteiger partial charge in [-0.25, -0.2) is 4.98 Å². The third-order valence-electron chi connectivity index (χ3n) is 2.83. The molecule has 2 aromatic rings. The molecule has 1 aliphatic rings. The summed E-state index contributed by atoms with van der Waals surface area (Å²) in [6.45, 7) is 4.24. The van der Waals surface area contributed by atoms with Crippen LogP contribution in [0.5, 0.6) is 0 Å². The Morgan fingerprint density at radius 3 is 3.07 bits per heavy atom. The quantitative estimate of drug-likeness (QED) is 0.729. The van der Waals surface area contributed by atoms with E-state index >= 15 is 0 Å². The molecule has 72 valence electrons. The van der Waals surface area contributed by atoms with Crippen molar-refractivity contribution in [2.75, 3.05) is 13.1 Å². The lowest BCUT2D eigenvalue weighted by atomic mass is 10.0. The lowest BCUT2D eigenvalue weighted by Gasteiger charge is -2.24. The summed E-state index contributed by atoms with van der Waals surface area (Å²) in [7, 11) is 0. The minimum Gasteiger partial charge on any atom is -0.315 e. The number of fused-ring (bicyclic) bond motifs is 1. The Balaban J connectivity index is 2.10. The molecular weight excluding hydrogens is 174 g/mol. The SMILES string of the molecule is Cc1ccn2cc(C3CNC3)nc2c1. The van der Waals surface area contributed by atoms with E-state index in [1.165, 1.54) is 11.3 Å². The predicted molar refractivity (Wildman–Crippen MR) is 55.5 cm³/mol. The standard InChI is InChI=1S/C11H13N3/c1-8-2-3-14-7-10(9-5-12-6-9)13-11(14)4-8/h2-4,7,9,12H,5-6H2,1H3. The van der Waals surface area contributed by atoms with Gasteiger partial charge in [-0.2, -0.15) is 0 Å². The zero-order valence-electron chi connectivity index (χ0n) is 8.20. The molecule has 3 heteroatoms. The van der Waals surface area contributed by atoms with Crippen molar-refractivity contribution in [3.8, 4) is 0 Å². The van der Waals surface area contributed by atoms with Crippen LogP contribution in [0.4, 0.5) is 0 Å². The summed E-state index contributed by atoms with van der Waals surface area (Å²) in [5, 5.41) is 3.27. The van der Waals surface area contributed by atoms with E-state index in [1.54, 1.807) is 0 Å². The molecule has 1 N–H and O–H groups in total. The molecule has 0 bridgehead atoms. The molecule has 0 unspecified atom stereocenters. The van der Waals surface area contributed by atoms with E-state index in [-0.39, 0.29) is 0 Å². The number of aryl methyl sites for hydroxylation is 1. The molecule has 3 rings (SSSR count). The number of hydrogen-bond donors (Lipinski definition) is 1. The number of hydrogen-bond acceptors (Lipinski definition) is 2. The molecule has 3 nitrogen and oxygen atoms in total. The lowest BCUT2D eigenvalue weighted by molar-refractivity contribution is 0.441. The molecule has 0 radical (unpaired) electrons. The number of imidazole rings is 1. The van der Waals surface area contributed by atoms with Crippen LogP contribution in [0.3, 0.4) is 0 Å². The number of nitrogens with zero attached hydrogens (tertiary/aromatic N) is 2. The minimum absolute atomic E-state index is 0.621. The molecule has 1 fully saturated rings. The first kappa shape index (κ1) is 8.00. The second kappa shape index (κ2) is 2.82. The van der Waals surface area contributed by atoms with Gasteiger partial charge in [0.2, 0.25) is 0 Å². The van der Waals surface area contributed by atoms with Gasteiger partial charge in [0.25, 0.3) is 0 Å². The van der Waals surface area contributed by atoms with Crippen molar-refractivity contribution in [3.63, 3.8) is 0 Å². The summed E-state index contributed by atoms with van der Waals surface area (Å²) < 4.78 is 2.10. The van der Waals surface area contributed by atoms with Crippen molar-refractivity contribution in [2.24, 2.45) is 0 Å². The van der Waals surface area contributed by atoms with Crippen molar-refractivity contribution in [2.45, 2.75) is 12.8 Å². The molecule has 0 amide bonds. The third-order valence-corrected chi connectivity index (χ3v) is 2.83. The van der Waals surface area contributed by atoms with Crippen LogP contribution in [0.25, 0.3) is 5.65 Å². The van der Waals surface area contributed by atoms with Crippen LogP contribution in [0.1, 0.15) is 17.2 Å². The zero-order valence-corrected chi connectivity index (χ0v) is 8.20. The molecule has 0 atom stereocenters. The van der Waals surface area contributed by atoms with Gasteiger partial charge in [-0.3, -0.25) is 0 Å². The van der Waals surface area contributed by atoms with Gasteiger partial charge in [0, 0.05) is 31.4 Å². The van der Waals surface area contributed by atoms with Gasteiger partial charge >= 0.3 is 0 Å². The van der Waals surface area contributed by atoms with Gasteiger partial charge in [0.15, 0.2) is 0 Å². The summed E-state index contributed by atoms with van der Waals surface area (Å²) >= 11 is 0. The van der Waals surface area contributed by atoms with Crippen LogP contribution in [0.15, 0.2) is 24.5 Å². The highest BCUT2D eigenvalue weighted by Gasteiger charge is 2.21. The number of pyridine rings is 1. The topological polar surface area (TPSA) is 29.3 Å². The van der Waals surface area contributed by atoms with Crippen LogP contribution >= 0.6 is 0 Å². The fourth-order valence-electron chi connectivity index (χ4n) is 1.80. The van der Waals surface area contributed by atoms with Gasteiger partial charge < -0.3 is 9.72 Å². The maximum Gasteiger partial charge on any atom is 0.137 e. The van der Waals surface area contributed by atoms with Crippen LogP contribution in [0.2, 0.25) is 0 Å². The van der Waals surface area contributed by atoms with Crippen LogP contribution in [0, 0.1) is 6.92 Å².